The number of aryl methyl sites for hydroxylation is 1. The van der Waals surface area contributed by atoms with E-state index in [0.717, 1.165) is 21.7 Å². The summed E-state index contributed by atoms with van der Waals surface area (Å²) in [7, 11) is -3.87. The minimum Gasteiger partial charge on any atom is -0.352 e. The second kappa shape index (κ2) is 11.2. The van der Waals surface area contributed by atoms with Gasteiger partial charge in [-0.3, -0.25) is 13.9 Å². The van der Waals surface area contributed by atoms with E-state index in [0.29, 0.717) is 5.02 Å². The Morgan fingerprint density at radius 1 is 1.06 bits per heavy atom. The van der Waals surface area contributed by atoms with Crippen LogP contribution in [0.2, 0.25) is 10.0 Å². The molecule has 2 aromatic carbocycles. The van der Waals surface area contributed by atoms with Crippen LogP contribution in [0.15, 0.2) is 42.5 Å². The van der Waals surface area contributed by atoms with E-state index in [4.69, 9.17) is 23.2 Å². The Kier molecular flexibility index (Phi) is 9.17. The van der Waals surface area contributed by atoms with Crippen molar-refractivity contribution in [1.29, 1.82) is 0 Å². The Morgan fingerprint density at radius 2 is 1.70 bits per heavy atom. The molecule has 0 unspecified atom stereocenters. The van der Waals surface area contributed by atoms with Crippen molar-refractivity contribution >= 4 is 50.7 Å². The van der Waals surface area contributed by atoms with Gasteiger partial charge in [-0.15, -0.1) is 0 Å². The van der Waals surface area contributed by atoms with Gasteiger partial charge < -0.3 is 10.2 Å². The molecule has 0 saturated carbocycles. The number of hydrogen-bond acceptors (Lipinski definition) is 4. The monoisotopic (exact) mass is 513 g/mol. The van der Waals surface area contributed by atoms with Crippen LogP contribution in [-0.2, 0) is 26.2 Å². The number of amides is 2. The SMILES string of the molecule is Cc1ccccc1CN(C(=O)CN(c1ccc(Cl)cc1Cl)S(C)(=O)=O)[C@H](C)C(=O)NC(C)C. The lowest BCUT2D eigenvalue weighted by molar-refractivity contribution is -0.139. The van der Waals surface area contributed by atoms with E-state index in [1.54, 1.807) is 6.92 Å². The zero-order chi connectivity index (χ0) is 24.9. The maximum Gasteiger partial charge on any atom is 0.244 e. The number of nitrogens with one attached hydrogen (secondary N) is 1. The first-order valence-corrected chi connectivity index (χ1v) is 13.0. The van der Waals surface area contributed by atoms with E-state index in [9.17, 15) is 18.0 Å². The quantitative estimate of drug-likeness (QED) is 0.548. The first-order chi connectivity index (χ1) is 15.3. The highest BCUT2D eigenvalue weighted by Crippen LogP contribution is 2.30. The van der Waals surface area contributed by atoms with E-state index in [1.807, 2.05) is 45.0 Å². The van der Waals surface area contributed by atoms with Gasteiger partial charge in [-0.25, -0.2) is 8.42 Å². The van der Waals surface area contributed by atoms with Crippen molar-refractivity contribution in [2.75, 3.05) is 17.1 Å². The van der Waals surface area contributed by atoms with Crippen LogP contribution in [0, 0.1) is 6.92 Å². The van der Waals surface area contributed by atoms with Gasteiger partial charge in [0.15, 0.2) is 0 Å². The molecule has 0 aromatic heterocycles. The molecule has 0 aliphatic heterocycles. The lowest BCUT2D eigenvalue weighted by atomic mass is 10.1. The summed E-state index contributed by atoms with van der Waals surface area (Å²) in [5.74, 6) is -0.872. The number of halogens is 2. The molecule has 10 heteroatoms. The van der Waals surface area contributed by atoms with Crippen LogP contribution in [0.3, 0.4) is 0 Å². The molecule has 1 atom stereocenters. The molecule has 0 aliphatic rings. The third kappa shape index (κ3) is 7.35. The molecule has 33 heavy (non-hydrogen) atoms. The van der Waals surface area contributed by atoms with E-state index in [2.05, 4.69) is 5.32 Å². The maximum absolute atomic E-state index is 13.5. The molecule has 0 bridgehead atoms. The fourth-order valence-corrected chi connectivity index (χ4v) is 4.66. The molecule has 0 heterocycles. The third-order valence-corrected chi connectivity index (χ3v) is 6.72. The molecule has 0 spiro atoms. The molecule has 0 radical (unpaired) electrons. The van der Waals surface area contributed by atoms with Crippen molar-refractivity contribution in [3.8, 4) is 0 Å². The van der Waals surface area contributed by atoms with Crippen molar-refractivity contribution in [3.63, 3.8) is 0 Å². The zero-order valence-electron chi connectivity index (χ0n) is 19.3. The second-order valence-electron chi connectivity index (χ2n) is 8.15. The second-order valence-corrected chi connectivity index (χ2v) is 10.9. The summed E-state index contributed by atoms with van der Waals surface area (Å²) in [6.07, 6.45) is 0.992. The molecule has 7 nitrogen and oxygen atoms in total. The van der Waals surface area contributed by atoms with Gasteiger partial charge >= 0.3 is 0 Å². The van der Waals surface area contributed by atoms with Gasteiger partial charge in [0.2, 0.25) is 21.8 Å². The predicted octanol–water partition coefficient (Wildman–Crippen LogP) is 4.01. The standard InChI is InChI=1S/C23H29Cl2N3O4S/c1-15(2)26-23(30)17(4)27(13-18-9-7-6-8-16(18)3)22(29)14-28(33(5,31)32)21-11-10-19(24)12-20(21)25/h6-12,15,17H,13-14H2,1-5H3,(H,26,30)/t17-/m1/s1. The predicted molar refractivity (Wildman–Crippen MR) is 133 cm³/mol. The first-order valence-electron chi connectivity index (χ1n) is 10.4. The molecule has 2 amide bonds. The molecular weight excluding hydrogens is 485 g/mol. The number of nitrogens with zero attached hydrogens (tertiary/aromatic N) is 2. The average molecular weight is 514 g/mol. The lowest BCUT2D eigenvalue weighted by Crippen LogP contribution is -2.52. The summed E-state index contributed by atoms with van der Waals surface area (Å²) < 4.78 is 26.1. The number of rotatable bonds is 9. The first kappa shape index (κ1) is 27.0. The molecular formula is C23H29Cl2N3O4S. The van der Waals surface area contributed by atoms with E-state index in [-0.39, 0.29) is 29.2 Å². The number of anilines is 1. The molecule has 2 rings (SSSR count). The van der Waals surface area contributed by atoms with E-state index < -0.39 is 28.5 Å². The van der Waals surface area contributed by atoms with E-state index in [1.165, 1.54) is 23.1 Å². The Balaban J connectivity index is 2.44. The molecule has 0 fully saturated rings. The van der Waals surface area contributed by atoms with Crippen LogP contribution in [0.5, 0.6) is 0 Å². The van der Waals surface area contributed by atoms with Crippen molar-refractivity contribution in [2.45, 2.75) is 46.3 Å². The van der Waals surface area contributed by atoms with Crippen LogP contribution in [-0.4, -0.2) is 50.0 Å². The number of carbonyl (C=O) groups excluding carboxylic acids is 2. The smallest absolute Gasteiger partial charge is 0.244 e. The van der Waals surface area contributed by atoms with Crippen LogP contribution in [0.25, 0.3) is 0 Å². The maximum atomic E-state index is 13.5. The van der Waals surface area contributed by atoms with Crippen LogP contribution < -0.4 is 9.62 Å². The van der Waals surface area contributed by atoms with Crippen LogP contribution in [0.4, 0.5) is 5.69 Å². The number of benzene rings is 2. The Labute approximate surface area is 205 Å². The Morgan fingerprint density at radius 3 is 2.24 bits per heavy atom. The summed E-state index contributed by atoms with van der Waals surface area (Å²) in [4.78, 5) is 27.6. The minimum atomic E-state index is -3.87. The molecule has 2 aromatic rings. The van der Waals surface area contributed by atoms with Gasteiger partial charge in [-0.2, -0.15) is 0 Å². The molecule has 1 N–H and O–H groups in total. The summed E-state index contributed by atoms with van der Waals surface area (Å²) >= 11 is 12.2. The number of carbonyl (C=O) groups is 2. The summed E-state index contributed by atoms with van der Waals surface area (Å²) in [6.45, 7) is 6.80. The van der Waals surface area contributed by atoms with Crippen molar-refractivity contribution in [3.05, 3.63) is 63.6 Å². The Hall–Kier alpha value is -2.29. The normalized spacial score (nSPS) is 12.4. The fraction of sp³-hybridized carbons (Fsp3) is 0.391. The third-order valence-electron chi connectivity index (χ3n) is 5.06. The zero-order valence-corrected chi connectivity index (χ0v) is 21.6. The molecule has 180 valence electrons. The largest absolute Gasteiger partial charge is 0.352 e. The van der Waals surface area contributed by atoms with Crippen LogP contribution in [0.1, 0.15) is 31.9 Å². The number of hydrogen-bond donors (Lipinski definition) is 1. The highest BCUT2D eigenvalue weighted by molar-refractivity contribution is 7.92. The highest BCUT2D eigenvalue weighted by Gasteiger charge is 2.31. The Bertz CT molecular complexity index is 1120. The summed E-state index contributed by atoms with van der Waals surface area (Å²) in [5, 5.41) is 3.24. The van der Waals surface area contributed by atoms with Gasteiger partial charge in [0.25, 0.3) is 0 Å². The molecule has 0 saturated heterocycles. The van der Waals surface area contributed by atoms with Crippen molar-refractivity contribution in [2.24, 2.45) is 0 Å². The van der Waals surface area contributed by atoms with Gasteiger partial charge in [0.1, 0.15) is 12.6 Å². The van der Waals surface area contributed by atoms with Gasteiger partial charge in [-0.05, 0) is 57.0 Å². The van der Waals surface area contributed by atoms with Crippen LogP contribution >= 0.6 is 23.2 Å². The lowest BCUT2D eigenvalue weighted by Gasteiger charge is -2.32. The van der Waals surface area contributed by atoms with Crippen molar-refractivity contribution < 1.29 is 18.0 Å². The van der Waals surface area contributed by atoms with Crippen molar-refractivity contribution in [1.82, 2.24) is 10.2 Å². The van der Waals surface area contributed by atoms with Gasteiger partial charge in [0, 0.05) is 17.6 Å². The minimum absolute atomic E-state index is 0.0942. The van der Waals surface area contributed by atoms with E-state index >= 15 is 0 Å². The van der Waals surface area contributed by atoms with Gasteiger partial charge in [-0.1, -0.05) is 47.5 Å². The molecule has 0 aliphatic carbocycles. The fourth-order valence-electron chi connectivity index (χ4n) is 3.24. The summed E-state index contributed by atoms with van der Waals surface area (Å²) in [6, 6.07) is 10.9. The summed E-state index contributed by atoms with van der Waals surface area (Å²) in [5.41, 5.74) is 1.94. The topological polar surface area (TPSA) is 86.8 Å². The number of sulfonamides is 1. The average Bonchev–Trinajstić information content (AvgIpc) is 2.70. The van der Waals surface area contributed by atoms with Gasteiger partial charge in [0.05, 0.1) is 17.0 Å². The highest BCUT2D eigenvalue weighted by atomic mass is 35.5.